The molecule has 0 unspecified atom stereocenters. The van der Waals surface area contributed by atoms with Gasteiger partial charge in [-0.3, -0.25) is 0 Å². The second-order valence-electron chi connectivity index (χ2n) is 3.46. The predicted octanol–water partition coefficient (Wildman–Crippen LogP) is 2.81. The molecule has 1 rings (SSSR count). The number of nitrogens with one attached hydrogen (secondary N) is 1. The summed E-state index contributed by atoms with van der Waals surface area (Å²) in [7, 11) is 0. The van der Waals surface area contributed by atoms with Crippen LogP contribution in [0.3, 0.4) is 0 Å². The van der Waals surface area contributed by atoms with Crippen molar-refractivity contribution in [1.29, 1.82) is 0 Å². The lowest BCUT2D eigenvalue weighted by atomic mass is 10.2. The Balaban J connectivity index is 2.89. The first kappa shape index (κ1) is 12.8. The van der Waals surface area contributed by atoms with E-state index in [1.165, 1.54) is 0 Å². The molecule has 0 saturated carbocycles. The molecule has 0 heterocycles. The van der Waals surface area contributed by atoms with E-state index in [-0.39, 0.29) is 16.2 Å². The molecule has 0 aliphatic rings. The highest BCUT2D eigenvalue weighted by atomic mass is 32.1. The van der Waals surface area contributed by atoms with E-state index in [2.05, 4.69) is 17.5 Å². The van der Waals surface area contributed by atoms with Crippen LogP contribution in [0, 0.1) is 11.6 Å². The number of hydrogen-bond acceptors (Lipinski definition) is 2. The molecule has 0 fully saturated rings. The normalized spacial score (nSPS) is 10.2. The van der Waals surface area contributed by atoms with Crippen LogP contribution in [0.25, 0.3) is 0 Å². The topological polar surface area (TPSA) is 38.0 Å². The Morgan fingerprint density at radius 1 is 1.38 bits per heavy atom. The molecule has 0 saturated heterocycles. The van der Waals surface area contributed by atoms with Crippen molar-refractivity contribution in [3.63, 3.8) is 0 Å². The average molecular weight is 244 g/mol. The molecule has 88 valence electrons. The Morgan fingerprint density at radius 2 is 1.94 bits per heavy atom. The van der Waals surface area contributed by atoms with Crippen LogP contribution in [-0.2, 0) is 0 Å². The van der Waals surface area contributed by atoms with Gasteiger partial charge in [0.2, 0.25) is 0 Å². The first-order valence-electron chi connectivity index (χ1n) is 5.09. The van der Waals surface area contributed by atoms with Crippen molar-refractivity contribution < 1.29 is 8.78 Å². The second-order valence-corrected chi connectivity index (χ2v) is 3.90. The lowest BCUT2D eigenvalue weighted by Crippen LogP contribution is -2.12. The maximum Gasteiger partial charge on any atom is 0.150 e. The average Bonchev–Trinajstić information content (AvgIpc) is 2.21. The Morgan fingerprint density at radius 3 is 2.38 bits per heavy atom. The van der Waals surface area contributed by atoms with Crippen LogP contribution >= 0.6 is 12.2 Å². The third-order valence-corrected chi connectivity index (χ3v) is 2.39. The molecule has 1 aromatic carbocycles. The van der Waals surface area contributed by atoms with E-state index in [0.717, 1.165) is 25.0 Å². The molecular weight excluding hydrogens is 230 g/mol. The van der Waals surface area contributed by atoms with Crippen molar-refractivity contribution in [3.05, 3.63) is 29.3 Å². The van der Waals surface area contributed by atoms with E-state index in [1.807, 2.05) is 6.92 Å². The number of benzene rings is 1. The molecule has 0 bridgehead atoms. The number of thiocarbonyl (C=S) groups is 1. The summed E-state index contributed by atoms with van der Waals surface area (Å²) < 4.78 is 27.0. The van der Waals surface area contributed by atoms with Gasteiger partial charge in [-0.15, -0.1) is 0 Å². The molecule has 0 aliphatic heterocycles. The van der Waals surface area contributed by atoms with Gasteiger partial charge in [0, 0.05) is 12.1 Å². The largest absolute Gasteiger partial charge is 0.389 e. The van der Waals surface area contributed by atoms with Crippen molar-refractivity contribution in [2.45, 2.75) is 19.8 Å². The molecular formula is C11H14F2N2S. The summed E-state index contributed by atoms with van der Waals surface area (Å²) in [6, 6.07) is 2.28. The van der Waals surface area contributed by atoms with Crippen LogP contribution in [0.2, 0.25) is 0 Å². The zero-order chi connectivity index (χ0) is 12.1. The van der Waals surface area contributed by atoms with Crippen molar-refractivity contribution >= 4 is 22.9 Å². The number of nitrogens with two attached hydrogens (primary N) is 1. The first-order chi connectivity index (χ1) is 7.56. The summed E-state index contributed by atoms with van der Waals surface area (Å²) in [4.78, 5) is -0.0158. The van der Waals surface area contributed by atoms with Crippen LogP contribution < -0.4 is 11.1 Å². The third-order valence-electron chi connectivity index (χ3n) is 2.16. The quantitative estimate of drug-likeness (QED) is 0.618. The molecule has 5 heteroatoms. The number of hydrogen-bond donors (Lipinski definition) is 2. The van der Waals surface area contributed by atoms with Gasteiger partial charge in [-0.1, -0.05) is 25.6 Å². The van der Waals surface area contributed by atoms with E-state index in [4.69, 9.17) is 5.73 Å². The molecule has 3 N–H and O–H groups in total. The monoisotopic (exact) mass is 244 g/mol. The van der Waals surface area contributed by atoms with Gasteiger partial charge in [-0.25, -0.2) is 8.78 Å². The van der Waals surface area contributed by atoms with Crippen molar-refractivity contribution in [1.82, 2.24) is 0 Å². The highest BCUT2D eigenvalue weighted by Gasteiger charge is 2.11. The zero-order valence-electron chi connectivity index (χ0n) is 9.02. The second kappa shape index (κ2) is 5.75. The van der Waals surface area contributed by atoms with Crippen molar-refractivity contribution in [3.8, 4) is 0 Å². The number of unbranched alkanes of at least 4 members (excludes halogenated alkanes) is 1. The minimum absolute atomic E-state index is 0.0158. The molecule has 0 aliphatic carbocycles. The van der Waals surface area contributed by atoms with Gasteiger partial charge in [0.25, 0.3) is 0 Å². The zero-order valence-corrected chi connectivity index (χ0v) is 9.83. The number of halogens is 2. The summed E-state index contributed by atoms with van der Waals surface area (Å²) in [5, 5.41) is 2.71. The lowest BCUT2D eigenvalue weighted by Gasteiger charge is -2.09. The van der Waals surface area contributed by atoms with Crippen LogP contribution in [0.15, 0.2) is 12.1 Å². The van der Waals surface area contributed by atoms with Crippen LogP contribution in [0.1, 0.15) is 25.3 Å². The smallest absolute Gasteiger partial charge is 0.150 e. The van der Waals surface area contributed by atoms with Gasteiger partial charge in [0.1, 0.15) is 22.3 Å². The molecule has 0 radical (unpaired) electrons. The maximum atomic E-state index is 13.5. The SMILES string of the molecule is CCCCNc1c(F)cc(C(N)=S)cc1F. The third kappa shape index (κ3) is 3.13. The lowest BCUT2D eigenvalue weighted by molar-refractivity contribution is 0.586. The highest BCUT2D eigenvalue weighted by molar-refractivity contribution is 7.80. The number of rotatable bonds is 5. The molecule has 0 atom stereocenters. The van der Waals surface area contributed by atoms with Gasteiger partial charge in [-0.05, 0) is 18.6 Å². The van der Waals surface area contributed by atoms with Gasteiger partial charge < -0.3 is 11.1 Å². The van der Waals surface area contributed by atoms with Crippen molar-refractivity contribution in [2.24, 2.45) is 5.73 Å². The minimum atomic E-state index is -0.668. The Labute approximate surface area is 98.8 Å². The van der Waals surface area contributed by atoms with Gasteiger partial charge >= 0.3 is 0 Å². The fraction of sp³-hybridized carbons (Fsp3) is 0.364. The molecule has 16 heavy (non-hydrogen) atoms. The van der Waals surface area contributed by atoms with Crippen molar-refractivity contribution in [2.75, 3.05) is 11.9 Å². The number of anilines is 1. The highest BCUT2D eigenvalue weighted by Crippen LogP contribution is 2.20. The van der Waals surface area contributed by atoms with E-state index in [1.54, 1.807) is 0 Å². The molecule has 2 nitrogen and oxygen atoms in total. The van der Waals surface area contributed by atoms with E-state index in [9.17, 15) is 8.78 Å². The summed E-state index contributed by atoms with van der Waals surface area (Å²) >= 11 is 4.65. The Bertz CT molecular complexity index is 371. The first-order valence-corrected chi connectivity index (χ1v) is 5.49. The van der Waals surface area contributed by atoms with Gasteiger partial charge in [0.05, 0.1) is 0 Å². The molecule has 0 spiro atoms. The summed E-state index contributed by atoms with van der Waals surface area (Å²) in [6.07, 6.45) is 1.82. The summed E-state index contributed by atoms with van der Waals surface area (Å²) in [6.45, 7) is 2.54. The maximum absolute atomic E-state index is 13.5. The standard InChI is InChI=1S/C11H14F2N2S/c1-2-3-4-15-10-8(12)5-7(11(14)16)6-9(10)13/h5-6,15H,2-4H2,1H3,(H2,14,16). The summed E-state index contributed by atoms with van der Waals surface area (Å²) in [5.41, 5.74) is 5.38. The van der Waals surface area contributed by atoms with E-state index < -0.39 is 11.6 Å². The molecule has 0 aromatic heterocycles. The predicted molar refractivity (Wildman–Crippen MR) is 65.6 cm³/mol. The molecule has 1 aromatic rings. The van der Waals surface area contributed by atoms with E-state index in [0.29, 0.717) is 6.54 Å². The van der Waals surface area contributed by atoms with E-state index >= 15 is 0 Å². The van der Waals surface area contributed by atoms with Crippen LogP contribution in [0.5, 0.6) is 0 Å². The Hall–Kier alpha value is -1.23. The summed E-state index contributed by atoms with van der Waals surface area (Å²) in [5.74, 6) is -1.34. The van der Waals surface area contributed by atoms with Gasteiger partial charge in [0.15, 0.2) is 0 Å². The molecule has 0 amide bonds. The fourth-order valence-electron chi connectivity index (χ4n) is 1.27. The van der Waals surface area contributed by atoms with Crippen LogP contribution in [0.4, 0.5) is 14.5 Å². The minimum Gasteiger partial charge on any atom is -0.389 e. The Kier molecular flexibility index (Phi) is 4.61. The van der Waals surface area contributed by atoms with Gasteiger partial charge in [-0.2, -0.15) is 0 Å². The fourth-order valence-corrected chi connectivity index (χ4v) is 1.39. The van der Waals surface area contributed by atoms with Crippen LogP contribution in [-0.4, -0.2) is 11.5 Å².